The van der Waals surface area contributed by atoms with Crippen LogP contribution in [0.5, 0.6) is 0 Å². The number of nitrogens with one attached hydrogen (secondary N) is 1. The second-order valence-corrected chi connectivity index (χ2v) is 8.83. The van der Waals surface area contributed by atoms with E-state index in [4.69, 9.17) is 22.1 Å². The zero-order valence-electron chi connectivity index (χ0n) is 20.8. The van der Waals surface area contributed by atoms with Gasteiger partial charge in [-0.15, -0.1) is 11.6 Å². The molecule has 1 fully saturated rings. The molecule has 1 heterocycles. The van der Waals surface area contributed by atoms with E-state index in [1.165, 1.54) is 11.3 Å². The number of ketones is 1. The smallest absolute Gasteiger partial charge is 0.388 e. The number of carbonyl (C=O) groups excluding carboxylic acids is 3. The van der Waals surface area contributed by atoms with Gasteiger partial charge in [-0.05, 0) is 50.8 Å². The van der Waals surface area contributed by atoms with Crippen LogP contribution in [0.2, 0.25) is 5.02 Å². The summed E-state index contributed by atoms with van der Waals surface area (Å²) in [4.78, 5) is 40.0. The topological polar surface area (TPSA) is 106 Å². The first kappa shape index (κ1) is 29.5. The molecule has 0 bridgehead atoms. The van der Waals surface area contributed by atoms with Crippen LogP contribution in [0.4, 0.5) is 4.79 Å². The summed E-state index contributed by atoms with van der Waals surface area (Å²) >= 11 is 11.1. The van der Waals surface area contributed by atoms with E-state index in [9.17, 15) is 14.4 Å². The van der Waals surface area contributed by atoms with E-state index in [2.05, 4.69) is 16.9 Å². The van der Waals surface area contributed by atoms with Crippen LogP contribution in [0.25, 0.3) is 0 Å². The van der Waals surface area contributed by atoms with Crippen molar-refractivity contribution in [3.63, 3.8) is 0 Å². The number of alkyl halides is 1. The third-order valence-electron chi connectivity index (χ3n) is 6.19. The van der Waals surface area contributed by atoms with Gasteiger partial charge >= 0.3 is 6.09 Å². The molecule has 1 aromatic heterocycles. The van der Waals surface area contributed by atoms with Crippen LogP contribution < -0.4 is 15.6 Å². The Morgan fingerprint density at radius 1 is 1.17 bits per heavy atom. The van der Waals surface area contributed by atoms with Crippen molar-refractivity contribution in [2.75, 3.05) is 26.5 Å². The number of hydrogen-bond donors (Lipinski definition) is 2. The lowest BCUT2D eigenvalue weighted by Gasteiger charge is -2.43. The van der Waals surface area contributed by atoms with Crippen LogP contribution in [0.15, 0.2) is 48.8 Å². The van der Waals surface area contributed by atoms with Crippen LogP contribution in [0, 0.1) is 0 Å². The van der Waals surface area contributed by atoms with Gasteiger partial charge in [-0.25, -0.2) is 4.79 Å². The van der Waals surface area contributed by atoms with Crippen molar-refractivity contribution >= 4 is 41.0 Å². The van der Waals surface area contributed by atoms with Crippen molar-refractivity contribution in [3.05, 3.63) is 64.9 Å². The molecule has 2 amide bonds. The number of amides is 2. The Morgan fingerprint density at radius 3 is 2.61 bits per heavy atom. The fraction of sp³-hybridized carbons (Fsp3) is 0.462. The minimum absolute atomic E-state index is 0.0488. The molecule has 0 saturated heterocycles. The fourth-order valence-electron chi connectivity index (χ4n) is 4.32. The van der Waals surface area contributed by atoms with Gasteiger partial charge in [-0.1, -0.05) is 29.8 Å². The molecule has 0 spiro atoms. The number of rotatable bonds is 9. The lowest BCUT2D eigenvalue weighted by atomic mass is 9.74. The first-order valence-corrected chi connectivity index (χ1v) is 13.1. The highest BCUT2D eigenvalue weighted by atomic mass is 35.5. The number of hydrogen-bond acceptors (Lipinski definition) is 5. The molecule has 0 radical (unpaired) electrons. The van der Waals surface area contributed by atoms with Crippen molar-refractivity contribution in [1.82, 2.24) is 10.2 Å². The maximum Gasteiger partial charge on any atom is 0.415 e. The summed E-state index contributed by atoms with van der Waals surface area (Å²) in [7, 11) is 1.57. The van der Waals surface area contributed by atoms with E-state index in [1.807, 2.05) is 6.07 Å². The first-order chi connectivity index (χ1) is 17.4. The predicted molar refractivity (Wildman–Crippen MR) is 140 cm³/mol. The Labute approximate surface area is 222 Å². The molecule has 1 unspecified atom stereocenters. The predicted octanol–water partition coefficient (Wildman–Crippen LogP) is 4.02. The summed E-state index contributed by atoms with van der Waals surface area (Å²) in [6.45, 7) is 1.03. The number of Topliss-reactive ketones (excluding diaryl/α,β-unsaturated/α-hetero) is 1. The standard InChI is InChI=1S/C25H31ClN4O4.CH3Cl/c1-29(25(13-5-4-12-22(25)31)20-10-2-3-11-21(20)26)24(33)34-18-30-16-8-9-19(17-30)23(32)28-15-7-6-14-27;1-2/h2-3,8-11,16-17H,4-7,12-15,18,27H2,1H3;1H3/p+1. The van der Waals surface area contributed by atoms with E-state index in [1.54, 1.807) is 54.3 Å². The maximum atomic E-state index is 13.2. The highest BCUT2D eigenvalue weighted by Crippen LogP contribution is 2.42. The van der Waals surface area contributed by atoms with Crippen molar-refractivity contribution in [2.45, 2.75) is 50.8 Å². The molecular weight excluding hydrogens is 503 g/mol. The Hall–Kier alpha value is -2.68. The SMILES string of the molecule is CCl.CN(C(=O)OC[n+]1cccc(C(=O)NCCCCN)c1)C1(c2ccccc2Cl)CCCCC1=O. The third-order valence-corrected chi connectivity index (χ3v) is 6.52. The fourth-order valence-corrected chi connectivity index (χ4v) is 4.61. The van der Waals surface area contributed by atoms with Crippen LogP contribution in [0.1, 0.15) is 54.4 Å². The lowest BCUT2D eigenvalue weighted by Crippen LogP contribution is -2.55. The number of likely N-dealkylation sites (N-methyl/N-ethyl adjacent to an activating group) is 1. The molecule has 36 heavy (non-hydrogen) atoms. The molecule has 2 aromatic rings. The molecule has 3 rings (SSSR count). The number of pyridine rings is 1. The molecule has 3 N–H and O–H groups in total. The Bertz CT molecular complexity index is 1040. The van der Waals surface area contributed by atoms with Gasteiger partial charge in [0.2, 0.25) is 0 Å². The number of nitrogens with zero attached hydrogens (tertiary/aromatic N) is 2. The number of nitrogens with two attached hydrogens (primary N) is 1. The van der Waals surface area contributed by atoms with Gasteiger partial charge in [0.25, 0.3) is 12.6 Å². The van der Waals surface area contributed by atoms with E-state index in [0.717, 1.165) is 25.7 Å². The molecule has 196 valence electrons. The molecule has 8 nitrogen and oxygen atoms in total. The van der Waals surface area contributed by atoms with Crippen molar-refractivity contribution in [3.8, 4) is 0 Å². The highest BCUT2D eigenvalue weighted by molar-refractivity contribution is 6.31. The Kier molecular flexibility index (Phi) is 12.1. The zero-order valence-corrected chi connectivity index (χ0v) is 22.4. The molecular formula is C26H35Cl2N4O4+. The van der Waals surface area contributed by atoms with E-state index in [-0.39, 0.29) is 18.4 Å². The van der Waals surface area contributed by atoms with Crippen molar-refractivity contribution in [1.29, 1.82) is 0 Å². The normalized spacial score (nSPS) is 17.0. The summed E-state index contributed by atoms with van der Waals surface area (Å²) in [6, 6.07) is 10.5. The minimum Gasteiger partial charge on any atom is -0.388 e. The van der Waals surface area contributed by atoms with E-state index >= 15 is 0 Å². The van der Waals surface area contributed by atoms with Crippen LogP contribution in [-0.2, 0) is 21.8 Å². The number of ether oxygens (including phenoxy) is 1. The number of carbonyl (C=O) groups is 3. The van der Waals surface area contributed by atoms with E-state index < -0.39 is 11.6 Å². The van der Waals surface area contributed by atoms with Crippen LogP contribution >= 0.6 is 23.2 Å². The van der Waals surface area contributed by atoms with E-state index in [0.29, 0.717) is 42.1 Å². The van der Waals surface area contributed by atoms with Gasteiger partial charge in [0, 0.05) is 43.0 Å². The maximum absolute atomic E-state index is 13.2. The summed E-state index contributed by atoms with van der Waals surface area (Å²) in [6.07, 6.45) is 8.24. The second-order valence-electron chi connectivity index (χ2n) is 8.43. The van der Waals surface area contributed by atoms with Crippen LogP contribution in [-0.4, -0.2) is 49.2 Å². The van der Waals surface area contributed by atoms with Gasteiger partial charge in [-0.3, -0.25) is 14.5 Å². The quantitative estimate of drug-likeness (QED) is 0.285. The van der Waals surface area contributed by atoms with Gasteiger partial charge < -0.3 is 15.8 Å². The molecule has 1 aliphatic carbocycles. The number of halogens is 2. The second kappa shape index (κ2) is 14.8. The Morgan fingerprint density at radius 2 is 1.92 bits per heavy atom. The van der Waals surface area contributed by atoms with Gasteiger partial charge in [0.15, 0.2) is 18.2 Å². The number of aromatic nitrogens is 1. The number of benzene rings is 1. The highest BCUT2D eigenvalue weighted by Gasteiger charge is 2.48. The average Bonchev–Trinajstić information content (AvgIpc) is 2.91. The molecule has 1 aliphatic rings. The molecule has 0 aliphatic heterocycles. The largest absolute Gasteiger partial charge is 0.415 e. The van der Waals surface area contributed by atoms with Gasteiger partial charge in [0.1, 0.15) is 11.1 Å². The molecule has 1 saturated carbocycles. The van der Waals surface area contributed by atoms with Crippen LogP contribution in [0.3, 0.4) is 0 Å². The van der Waals surface area contributed by atoms with Gasteiger partial charge in [0.05, 0.1) is 0 Å². The summed E-state index contributed by atoms with van der Waals surface area (Å²) < 4.78 is 7.14. The Balaban J connectivity index is 0.00000222. The zero-order chi connectivity index (χ0) is 26.6. The average molecular weight is 538 g/mol. The first-order valence-electron chi connectivity index (χ1n) is 11.9. The summed E-state index contributed by atoms with van der Waals surface area (Å²) in [5, 5.41) is 3.29. The van der Waals surface area contributed by atoms with Crippen molar-refractivity contribution in [2.24, 2.45) is 5.73 Å². The molecule has 1 atom stereocenters. The summed E-state index contributed by atoms with van der Waals surface area (Å²) in [5.41, 5.74) is 5.38. The lowest BCUT2D eigenvalue weighted by molar-refractivity contribution is -0.727. The molecule has 1 aromatic carbocycles. The van der Waals surface area contributed by atoms with Crippen molar-refractivity contribution < 1.29 is 23.7 Å². The van der Waals surface area contributed by atoms with Gasteiger partial charge in [-0.2, -0.15) is 4.57 Å². The number of unbranched alkanes of at least 4 members (excludes halogenated alkanes) is 1. The minimum atomic E-state index is -1.16. The molecule has 10 heteroatoms. The third kappa shape index (κ3) is 7.18. The monoisotopic (exact) mass is 537 g/mol. The summed E-state index contributed by atoms with van der Waals surface area (Å²) in [5.74, 6) is -0.257.